The van der Waals surface area contributed by atoms with Crippen LogP contribution in [0.2, 0.25) is 32.7 Å². The van der Waals surface area contributed by atoms with Crippen LogP contribution >= 0.6 is 0 Å². The van der Waals surface area contributed by atoms with Gasteiger partial charge in [0.15, 0.2) is 0 Å². The van der Waals surface area contributed by atoms with Gasteiger partial charge < -0.3 is 24.8 Å². The first kappa shape index (κ1) is 24.6. The molecule has 24 heavy (non-hydrogen) atoms. The van der Waals surface area contributed by atoms with E-state index in [0.717, 1.165) is 12.8 Å². The van der Waals surface area contributed by atoms with E-state index >= 15 is 0 Å². The molecule has 0 aromatic heterocycles. The molecule has 0 heterocycles. The molecular weight excluding hydrogens is 407 g/mol. The zero-order chi connectivity index (χ0) is 16.8. The third kappa shape index (κ3) is 4.67. The first-order chi connectivity index (χ1) is 9.99. The van der Waals surface area contributed by atoms with Gasteiger partial charge in [-0.1, -0.05) is 0 Å². The van der Waals surface area contributed by atoms with Gasteiger partial charge in [0.25, 0.3) is 0 Å². The monoisotopic (exact) mass is 435 g/mol. The molecule has 2 rings (SSSR count). The fourth-order valence-electron chi connectivity index (χ4n) is 3.81. The van der Waals surface area contributed by atoms with E-state index < -0.39 is 16.4 Å². The van der Waals surface area contributed by atoms with Crippen LogP contribution in [-0.4, -0.2) is 21.6 Å². The summed E-state index contributed by atoms with van der Waals surface area (Å²) in [5.41, 5.74) is 2.82. The van der Waals surface area contributed by atoms with Gasteiger partial charge in [-0.3, -0.25) is 0 Å². The van der Waals surface area contributed by atoms with Crippen LogP contribution in [0.1, 0.15) is 26.7 Å². The van der Waals surface area contributed by atoms with Gasteiger partial charge in [0.2, 0.25) is 0 Å². The molecule has 0 bridgehead atoms. The second kappa shape index (κ2) is 8.56. The zero-order valence-corrected chi connectivity index (χ0v) is 21.0. The Bertz CT molecular complexity index is 601. The molecule has 6 heteroatoms. The van der Waals surface area contributed by atoms with E-state index in [1.165, 1.54) is 11.1 Å². The molecular formula is C18H29Cl2OSi2Ti. The first-order valence-corrected chi connectivity index (χ1v) is 15.4. The van der Waals surface area contributed by atoms with Crippen LogP contribution in [0.3, 0.4) is 0 Å². The van der Waals surface area contributed by atoms with Gasteiger partial charge in [-0.2, -0.15) is 0 Å². The van der Waals surface area contributed by atoms with Crippen molar-refractivity contribution in [3.63, 3.8) is 0 Å². The molecule has 0 N–H and O–H groups in total. The summed E-state index contributed by atoms with van der Waals surface area (Å²) in [5.74, 6) is 0. The molecule has 0 spiro atoms. The SMILES string of the molecule is CC1=CCC(O[Si](C)(C)C)([Si](C)(C)C2=[C]([Ti+2])CC=C2)C(C)=C1.[Cl-].[Cl-]. The Morgan fingerprint density at radius 2 is 1.67 bits per heavy atom. The number of allylic oxidation sites excluding steroid dienone is 6. The number of halogens is 2. The predicted octanol–water partition coefficient (Wildman–Crippen LogP) is -0.571. The van der Waals surface area contributed by atoms with E-state index in [4.69, 9.17) is 4.43 Å². The summed E-state index contributed by atoms with van der Waals surface area (Å²) in [6.07, 6.45) is 11.6. The molecule has 1 unspecified atom stereocenters. The topological polar surface area (TPSA) is 9.23 Å². The second-order valence-electron chi connectivity index (χ2n) is 8.14. The molecule has 0 radical (unpaired) electrons. The van der Waals surface area contributed by atoms with Crippen molar-refractivity contribution in [2.45, 2.75) is 64.6 Å². The third-order valence-electron chi connectivity index (χ3n) is 4.89. The molecule has 2 aliphatic carbocycles. The minimum Gasteiger partial charge on any atom is -1.00 e. The summed E-state index contributed by atoms with van der Waals surface area (Å²) >= 11 is 2.30. The quantitative estimate of drug-likeness (QED) is 0.537. The standard InChI is InChI=1S/C18H29OSi2.2ClH.Ti/c1-15-12-13-18(16(2)14-15,19-20(3,4)5)21(6,7)17-10-8-9-11-17;;;/h8,10,12,14H,9,13H2,1-7H3;2*1H;/q;;;+2/p-2. The summed E-state index contributed by atoms with van der Waals surface area (Å²) in [6, 6.07) is 0. The van der Waals surface area contributed by atoms with Gasteiger partial charge in [0.1, 0.15) is 0 Å². The van der Waals surface area contributed by atoms with Crippen molar-refractivity contribution in [2.75, 3.05) is 0 Å². The maximum Gasteiger partial charge on any atom is -1.00 e. The number of hydrogen-bond acceptors (Lipinski definition) is 1. The van der Waals surface area contributed by atoms with Crippen LogP contribution in [0, 0.1) is 0 Å². The second-order valence-corrected chi connectivity index (χ2v) is 18.1. The molecule has 0 aromatic rings. The largest absolute Gasteiger partial charge is 1.00 e. The Hall–Kier alpha value is 0.648. The van der Waals surface area contributed by atoms with Gasteiger partial charge >= 0.3 is 150 Å². The summed E-state index contributed by atoms with van der Waals surface area (Å²) < 4.78 is 8.52. The van der Waals surface area contributed by atoms with Crippen molar-refractivity contribution in [1.82, 2.24) is 0 Å². The molecule has 0 aliphatic heterocycles. The van der Waals surface area contributed by atoms with Crippen molar-refractivity contribution in [2.24, 2.45) is 0 Å². The van der Waals surface area contributed by atoms with E-state index in [1.54, 1.807) is 9.07 Å². The van der Waals surface area contributed by atoms with Crippen LogP contribution < -0.4 is 24.8 Å². The maximum atomic E-state index is 6.97. The Morgan fingerprint density at radius 3 is 2.08 bits per heavy atom. The van der Waals surface area contributed by atoms with Gasteiger partial charge in [-0.05, 0) is 0 Å². The number of rotatable bonds is 4. The molecule has 2 aliphatic rings. The fourth-order valence-corrected chi connectivity index (χ4v) is 12.3. The summed E-state index contributed by atoms with van der Waals surface area (Å²) in [5, 5.41) is 1.52. The number of hydrogen-bond donors (Lipinski definition) is 0. The average Bonchev–Trinajstić information content (AvgIpc) is 2.78. The molecule has 0 aromatic carbocycles. The summed E-state index contributed by atoms with van der Waals surface area (Å²) in [4.78, 5) is 0. The van der Waals surface area contributed by atoms with Crippen molar-refractivity contribution >= 4 is 16.4 Å². The van der Waals surface area contributed by atoms with Crippen molar-refractivity contribution in [1.29, 1.82) is 0 Å². The first-order valence-electron chi connectivity index (χ1n) is 8.17. The molecule has 1 nitrogen and oxygen atoms in total. The van der Waals surface area contributed by atoms with Gasteiger partial charge in [-0.15, -0.1) is 0 Å². The predicted molar refractivity (Wildman–Crippen MR) is 97.6 cm³/mol. The van der Waals surface area contributed by atoms with Gasteiger partial charge in [0, 0.05) is 0 Å². The Kier molecular flexibility index (Phi) is 8.79. The van der Waals surface area contributed by atoms with E-state index in [0.29, 0.717) is 0 Å². The smallest absolute Gasteiger partial charge is 1.00 e. The van der Waals surface area contributed by atoms with Crippen molar-refractivity contribution < 1.29 is 49.7 Å². The average molecular weight is 436 g/mol. The normalized spacial score (nSPS) is 24.2. The minimum atomic E-state index is -1.79. The Balaban J connectivity index is 0.00000264. The van der Waals surface area contributed by atoms with Crippen molar-refractivity contribution in [3.05, 3.63) is 44.5 Å². The molecule has 0 saturated carbocycles. The van der Waals surface area contributed by atoms with Gasteiger partial charge in [-0.25, -0.2) is 0 Å². The zero-order valence-electron chi connectivity index (χ0n) is 15.9. The van der Waals surface area contributed by atoms with Crippen LogP contribution in [-0.2, 0) is 24.9 Å². The van der Waals surface area contributed by atoms with E-state index in [-0.39, 0.29) is 30.0 Å². The Morgan fingerprint density at radius 1 is 1.08 bits per heavy atom. The summed E-state index contributed by atoms with van der Waals surface area (Å²) in [6.45, 7) is 16.5. The third-order valence-corrected chi connectivity index (χ3v) is 11.7. The molecule has 0 saturated heterocycles. The molecule has 0 amide bonds. The van der Waals surface area contributed by atoms with E-state index in [2.05, 4.69) is 91.3 Å². The maximum absolute atomic E-state index is 6.97. The van der Waals surface area contributed by atoms with Crippen molar-refractivity contribution in [3.8, 4) is 0 Å². The van der Waals surface area contributed by atoms with Crippen LogP contribution in [0.25, 0.3) is 0 Å². The van der Waals surface area contributed by atoms with E-state index in [1.807, 2.05) is 0 Å². The summed E-state index contributed by atoms with van der Waals surface area (Å²) in [7, 11) is -3.44. The van der Waals surface area contributed by atoms with E-state index in [9.17, 15) is 0 Å². The van der Waals surface area contributed by atoms with Crippen LogP contribution in [0.5, 0.6) is 0 Å². The Labute approximate surface area is 174 Å². The molecule has 0 fully saturated rings. The van der Waals surface area contributed by atoms with Gasteiger partial charge in [0.05, 0.1) is 0 Å². The van der Waals surface area contributed by atoms with Crippen LogP contribution in [0.15, 0.2) is 44.5 Å². The fraction of sp³-hybridized carbons (Fsp3) is 0.556. The molecule has 1 atom stereocenters. The molecule has 133 valence electrons. The van der Waals surface area contributed by atoms with Crippen LogP contribution in [0.4, 0.5) is 0 Å². The minimum absolute atomic E-state index is 0.